The fourth-order valence-corrected chi connectivity index (χ4v) is 0.985. The summed E-state index contributed by atoms with van der Waals surface area (Å²) < 4.78 is 14.2. The van der Waals surface area contributed by atoms with Crippen molar-refractivity contribution in [1.29, 1.82) is 0 Å². The van der Waals surface area contributed by atoms with Gasteiger partial charge in [0.1, 0.15) is 6.73 Å². The highest BCUT2D eigenvalue weighted by Crippen LogP contribution is 2.35. The first kappa shape index (κ1) is 10.1. The number of imide groups is 1. The standard InChI is InChI=1S/C4H7N2O6P/c7-3-1-5-4(8)6(3)2-12-13(9,10)11/h1-2H2,(H,5,8)(H2,9,10,11). The molecule has 0 unspecified atom stereocenters. The summed E-state index contributed by atoms with van der Waals surface area (Å²) in [4.78, 5) is 38.7. The first-order chi connectivity index (χ1) is 5.90. The molecule has 1 saturated heterocycles. The van der Waals surface area contributed by atoms with Crippen LogP contribution in [0.2, 0.25) is 0 Å². The van der Waals surface area contributed by atoms with E-state index in [9.17, 15) is 14.2 Å². The summed E-state index contributed by atoms with van der Waals surface area (Å²) in [5.74, 6) is -0.585. The molecule has 0 atom stereocenters. The molecule has 9 heteroatoms. The minimum atomic E-state index is -4.65. The van der Waals surface area contributed by atoms with E-state index < -0.39 is 26.5 Å². The maximum atomic E-state index is 10.8. The third kappa shape index (κ3) is 2.78. The van der Waals surface area contributed by atoms with Gasteiger partial charge in [0.25, 0.3) is 5.91 Å². The zero-order valence-corrected chi connectivity index (χ0v) is 7.23. The number of nitrogens with one attached hydrogen (secondary N) is 1. The Morgan fingerprint density at radius 1 is 1.54 bits per heavy atom. The molecule has 74 valence electrons. The monoisotopic (exact) mass is 210 g/mol. The van der Waals surface area contributed by atoms with E-state index in [0.29, 0.717) is 4.90 Å². The number of amides is 3. The fourth-order valence-electron chi connectivity index (χ4n) is 0.719. The number of urea groups is 1. The number of hydrogen-bond donors (Lipinski definition) is 3. The Morgan fingerprint density at radius 2 is 2.15 bits per heavy atom. The lowest BCUT2D eigenvalue weighted by Crippen LogP contribution is -2.32. The zero-order valence-electron chi connectivity index (χ0n) is 6.34. The van der Waals surface area contributed by atoms with Crippen LogP contribution in [0, 0.1) is 0 Å². The van der Waals surface area contributed by atoms with Crippen LogP contribution in [-0.4, -0.2) is 39.9 Å². The fraction of sp³-hybridized carbons (Fsp3) is 0.500. The maximum absolute atomic E-state index is 10.8. The van der Waals surface area contributed by atoms with Crippen LogP contribution >= 0.6 is 7.82 Å². The molecule has 8 nitrogen and oxygen atoms in total. The van der Waals surface area contributed by atoms with Gasteiger partial charge in [0.05, 0.1) is 6.54 Å². The largest absolute Gasteiger partial charge is 0.471 e. The van der Waals surface area contributed by atoms with Crippen LogP contribution in [0.15, 0.2) is 0 Å². The third-order valence-electron chi connectivity index (χ3n) is 1.29. The molecule has 0 aromatic rings. The zero-order chi connectivity index (χ0) is 10.1. The number of phosphoric ester groups is 1. The summed E-state index contributed by atoms with van der Waals surface area (Å²) in [6.45, 7) is -0.918. The normalized spacial score (nSPS) is 17.8. The SMILES string of the molecule is O=C1CNC(=O)N1COP(=O)(O)O. The van der Waals surface area contributed by atoms with Crippen molar-refractivity contribution < 1.29 is 28.5 Å². The number of rotatable bonds is 3. The van der Waals surface area contributed by atoms with Crippen molar-refractivity contribution >= 4 is 19.8 Å². The van der Waals surface area contributed by atoms with Crippen molar-refractivity contribution in [2.45, 2.75) is 0 Å². The predicted molar refractivity (Wildman–Crippen MR) is 38.2 cm³/mol. The molecule has 0 spiro atoms. The van der Waals surface area contributed by atoms with Gasteiger partial charge >= 0.3 is 13.9 Å². The van der Waals surface area contributed by atoms with E-state index in [-0.39, 0.29) is 6.54 Å². The summed E-state index contributed by atoms with van der Waals surface area (Å²) >= 11 is 0. The Morgan fingerprint density at radius 3 is 2.54 bits per heavy atom. The minimum Gasteiger partial charge on any atom is -0.328 e. The summed E-state index contributed by atoms with van der Waals surface area (Å²) in [6.07, 6.45) is 0. The van der Waals surface area contributed by atoms with Crippen LogP contribution in [0.25, 0.3) is 0 Å². The number of phosphoric acid groups is 1. The van der Waals surface area contributed by atoms with Crippen molar-refractivity contribution in [2.24, 2.45) is 0 Å². The first-order valence-corrected chi connectivity index (χ1v) is 4.71. The molecule has 0 bridgehead atoms. The summed E-state index contributed by atoms with van der Waals surface area (Å²) in [5, 5.41) is 2.16. The van der Waals surface area contributed by atoms with E-state index in [1.807, 2.05) is 0 Å². The van der Waals surface area contributed by atoms with Gasteiger partial charge in [-0.25, -0.2) is 14.3 Å². The molecule has 3 N–H and O–H groups in total. The van der Waals surface area contributed by atoms with Gasteiger partial charge in [0.15, 0.2) is 0 Å². The van der Waals surface area contributed by atoms with Crippen molar-refractivity contribution in [2.75, 3.05) is 13.3 Å². The first-order valence-electron chi connectivity index (χ1n) is 3.18. The van der Waals surface area contributed by atoms with E-state index >= 15 is 0 Å². The van der Waals surface area contributed by atoms with E-state index in [0.717, 1.165) is 0 Å². The summed E-state index contributed by atoms with van der Waals surface area (Å²) in [6, 6.07) is -0.724. The molecule has 13 heavy (non-hydrogen) atoms. The number of nitrogens with zero attached hydrogens (tertiary/aromatic N) is 1. The molecule has 1 fully saturated rings. The molecular weight excluding hydrogens is 203 g/mol. The van der Waals surface area contributed by atoms with Crippen LogP contribution < -0.4 is 5.32 Å². The smallest absolute Gasteiger partial charge is 0.328 e. The van der Waals surface area contributed by atoms with Crippen molar-refractivity contribution in [3.63, 3.8) is 0 Å². The lowest BCUT2D eigenvalue weighted by atomic mass is 10.6. The Labute approximate surface area is 72.7 Å². The van der Waals surface area contributed by atoms with Crippen molar-refractivity contribution in [1.82, 2.24) is 10.2 Å². The van der Waals surface area contributed by atoms with Gasteiger partial charge in [-0.2, -0.15) is 0 Å². The highest BCUT2D eigenvalue weighted by Gasteiger charge is 2.30. The van der Waals surface area contributed by atoms with Gasteiger partial charge in [0, 0.05) is 0 Å². The Hall–Kier alpha value is -0.950. The van der Waals surface area contributed by atoms with E-state index in [4.69, 9.17) is 9.79 Å². The Balaban J connectivity index is 2.49. The predicted octanol–water partition coefficient (Wildman–Crippen LogP) is -1.40. The van der Waals surface area contributed by atoms with Crippen LogP contribution in [0.1, 0.15) is 0 Å². The second kappa shape index (κ2) is 3.43. The molecule has 0 aromatic carbocycles. The topological polar surface area (TPSA) is 116 Å². The van der Waals surface area contributed by atoms with Gasteiger partial charge in [-0.3, -0.25) is 9.32 Å². The lowest BCUT2D eigenvalue weighted by molar-refractivity contribution is -0.127. The highest BCUT2D eigenvalue weighted by atomic mass is 31.2. The molecular formula is C4H7N2O6P. The second-order valence-electron chi connectivity index (χ2n) is 2.23. The molecule has 1 heterocycles. The quantitative estimate of drug-likeness (QED) is 0.390. The molecule has 0 radical (unpaired) electrons. The average Bonchev–Trinajstić information content (AvgIpc) is 2.27. The number of hydrogen-bond acceptors (Lipinski definition) is 4. The lowest BCUT2D eigenvalue weighted by Gasteiger charge is -2.12. The summed E-state index contributed by atoms with van der Waals surface area (Å²) in [5.41, 5.74) is 0. The molecule has 0 aromatic heterocycles. The molecule has 1 aliphatic heterocycles. The van der Waals surface area contributed by atoms with Gasteiger partial charge in [-0.15, -0.1) is 0 Å². The molecule has 3 amide bonds. The van der Waals surface area contributed by atoms with E-state index in [1.165, 1.54) is 0 Å². The van der Waals surface area contributed by atoms with Crippen LogP contribution in [-0.2, 0) is 13.9 Å². The number of carbonyl (C=O) groups is 2. The van der Waals surface area contributed by atoms with E-state index in [2.05, 4.69) is 9.84 Å². The second-order valence-corrected chi connectivity index (χ2v) is 3.47. The van der Waals surface area contributed by atoms with Crippen LogP contribution in [0.5, 0.6) is 0 Å². The van der Waals surface area contributed by atoms with Gasteiger partial charge in [-0.05, 0) is 0 Å². The number of carbonyl (C=O) groups excluding carboxylic acids is 2. The highest BCUT2D eigenvalue weighted by molar-refractivity contribution is 7.46. The van der Waals surface area contributed by atoms with Crippen molar-refractivity contribution in [3.05, 3.63) is 0 Å². The minimum absolute atomic E-state index is 0.177. The van der Waals surface area contributed by atoms with Crippen LogP contribution in [0.3, 0.4) is 0 Å². The van der Waals surface area contributed by atoms with E-state index in [1.54, 1.807) is 0 Å². The molecule has 1 aliphatic rings. The van der Waals surface area contributed by atoms with Crippen LogP contribution in [0.4, 0.5) is 4.79 Å². The molecule has 0 saturated carbocycles. The van der Waals surface area contributed by atoms with Gasteiger partial charge in [-0.1, -0.05) is 0 Å². The third-order valence-corrected chi connectivity index (χ3v) is 1.74. The Bertz CT molecular complexity index is 268. The van der Waals surface area contributed by atoms with Gasteiger partial charge in [0.2, 0.25) is 0 Å². The maximum Gasteiger partial charge on any atom is 0.471 e. The molecule has 1 rings (SSSR count). The average molecular weight is 210 g/mol. The van der Waals surface area contributed by atoms with Gasteiger partial charge < -0.3 is 15.1 Å². The molecule has 0 aliphatic carbocycles. The summed E-state index contributed by atoms with van der Waals surface area (Å²) in [7, 11) is -4.65. The Kier molecular flexibility index (Phi) is 2.67. The van der Waals surface area contributed by atoms with Crippen molar-refractivity contribution in [3.8, 4) is 0 Å².